The van der Waals surface area contributed by atoms with Gasteiger partial charge in [-0.1, -0.05) is 59.7 Å². The maximum absolute atomic E-state index is 9.36. The summed E-state index contributed by atoms with van der Waals surface area (Å²) in [7, 11) is 0. The molecule has 0 aliphatic heterocycles. The largest absolute Gasteiger partial charge is 0.308 e. The van der Waals surface area contributed by atoms with E-state index in [1.807, 2.05) is 24.3 Å². The zero-order valence-electron chi connectivity index (χ0n) is 23.4. The average Bonchev–Trinajstić information content (AvgIpc) is 3.37. The smallest absolute Gasteiger partial charge is 0.161 e. The van der Waals surface area contributed by atoms with Crippen molar-refractivity contribution >= 4 is 21.8 Å². The molecule has 43 heavy (non-hydrogen) atoms. The number of hydrogen-bond donors (Lipinski definition) is 0. The second-order valence-electron chi connectivity index (χ2n) is 10.5. The molecule has 0 amide bonds. The Morgan fingerprint density at radius 2 is 1.16 bits per heavy atom. The van der Waals surface area contributed by atoms with E-state index in [4.69, 9.17) is 0 Å². The first-order valence-corrected chi connectivity index (χ1v) is 13.7. The van der Waals surface area contributed by atoms with Gasteiger partial charge in [0.2, 0.25) is 0 Å². The fraction of sp³-hybridized carbons (Fsp3) is 0.0556. The van der Waals surface area contributed by atoms with E-state index in [-0.39, 0.29) is 0 Å². The maximum Gasteiger partial charge on any atom is 0.161 e. The van der Waals surface area contributed by atoms with E-state index in [1.54, 1.807) is 0 Å². The molecule has 0 saturated carbocycles. The molecule has 4 aromatic carbocycles. The fourth-order valence-electron chi connectivity index (χ4n) is 5.66. The average molecular weight is 554 g/mol. The van der Waals surface area contributed by atoms with Crippen molar-refractivity contribution < 1.29 is 0 Å². The summed E-state index contributed by atoms with van der Waals surface area (Å²) >= 11 is 0. The summed E-state index contributed by atoms with van der Waals surface area (Å²) in [4.78, 5) is 18.0. The number of aryl methyl sites for hydroxylation is 2. The van der Waals surface area contributed by atoms with Gasteiger partial charge in [0.25, 0.3) is 0 Å². The van der Waals surface area contributed by atoms with Crippen molar-refractivity contribution in [2.24, 2.45) is 0 Å². The maximum atomic E-state index is 9.36. The summed E-state index contributed by atoms with van der Waals surface area (Å²) in [5.74, 6) is 0.959. The van der Waals surface area contributed by atoms with Gasteiger partial charge in [-0.05, 0) is 55.3 Å². The molecule has 7 heteroatoms. The number of aromatic nitrogens is 5. The first-order chi connectivity index (χ1) is 21.0. The number of benzene rings is 4. The van der Waals surface area contributed by atoms with Crippen molar-refractivity contribution in [3.63, 3.8) is 0 Å². The Balaban J connectivity index is 1.51. The number of para-hydroxylation sites is 1. The van der Waals surface area contributed by atoms with E-state index in [9.17, 15) is 10.5 Å². The highest BCUT2D eigenvalue weighted by Gasteiger charge is 2.19. The minimum atomic E-state index is 0.381. The van der Waals surface area contributed by atoms with Gasteiger partial charge in [0, 0.05) is 46.7 Å². The Kier molecular flexibility index (Phi) is 6.19. The highest BCUT2D eigenvalue weighted by molar-refractivity contribution is 6.10. The van der Waals surface area contributed by atoms with Crippen LogP contribution in [0.2, 0.25) is 0 Å². The molecule has 7 aromatic rings. The highest BCUT2D eigenvalue weighted by Crippen LogP contribution is 2.38. The Morgan fingerprint density at radius 3 is 1.84 bits per heavy atom. The van der Waals surface area contributed by atoms with Crippen LogP contribution < -0.4 is 0 Å². The van der Waals surface area contributed by atoms with E-state index < -0.39 is 0 Å². The summed E-state index contributed by atoms with van der Waals surface area (Å²) in [6.07, 6.45) is 6.08. The second-order valence-corrected chi connectivity index (χ2v) is 10.5. The number of nitriles is 2. The van der Waals surface area contributed by atoms with Gasteiger partial charge >= 0.3 is 0 Å². The lowest BCUT2D eigenvalue weighted by Gasteiger charge is -2.15. The van der Waals surface area contributed by atoms with Crippen LogP contribution in [0, 0.1) is 36.5 Å². The lowest BCUT2D eigenvalue weighted by Crippen LogP contribution is -2.01. The SMILES string of the molecule is Cc1cc(C)cc(-c2ccc3c4ccccc4n(-c4ccc(-c5ncc(C#N)cn5)cc4-c4ncc(C#N)cn4)c3c2)c1. The second kappa shape index (κ2) is 10.3. The molecule has 0 atom stereocenters. The van der Waals surface area contributed by atoms with E-state index in [0.717, 1.165) is 44.2 Å². The van der Waals surface area contributed by atoms with Gasteiger partial charge in [0.05, 0.1) is 27.8 Å². The van der Waals surface area contributed by atoms with Crippen LogP contribution >= 0.6 is 0 Å². The third-order valence-corrected chi connectivity index (χ3v) is 7.53. The molecule has 0 aliphatic rings. The third-order valence-electron chi connectivity index (χ3n) is 7.53. The number of hydrogen-bond acceptors (Lipinski definition) is 6. The first-order valence-electron chi connectivity index (χ1n) is 13.7. The Hall–Kier alpha value is -6.18. The normalized spacial score (nSPS) is 11.0. The summed E-state index contributed by atoms with van der Waals surface area (Å²) < 4.78 is 2.25. The van der Waals surface area contributed by atoms with Crippen LogP contribution in [0.4, 0.5) is 0 Å². The first kappa shape index (κ1) is 25.8. The quantitative estimate of drug-likeness (QED) is 0.221. The highest BCUT2D eigenvalue weighted by atomic mass is 15.0. The van der Waals surface area contributed by atoms with Crippen molar-refractivity contribution in [3.8, 4) is 51.7 Å². The molecule has 0 radical (unpaired) electrons. The van der Waals surface area contributed by atoms with Gasteiger partial charge in [-0.2, -0.15) is 10.5 Å². The molecule has 7 nitrogen and oxygen atoms in total. The monoisotopic (exact) mass is 553 g/mol. The van der Waals surface area contributed by atoms with Crippen LogP contribution in [0.25, 0.3) is 61.4 Å². The molecule has 0 aliphatic carbocycles. The summed E-state index contributed by atoms with van der Waals surface area (Å²) in [6.45, 7) is 4.24. The lowest BCUT2D eigenvalue weighted by atomic mass is 9.99. The molecule has 0 fully saturated rings. The molecule has 7 rings (SSSR count). The predicted molar refractivity (Wildman–Crippen MR) is 167 cm³/mol. The van der Waals surface area contributed by atoms with Crippen LogP contribution in [0.15, 0.2) is 104 Å². The van der Waals surface area contributed by atoms with Gasteiger partial charge in [-0.25, -0.2) is 19.9 Å². The lowest BCUT2D eigenvalue weighted by molar-refractivity contribution is 1.12. The molecule has 3 aromatic heterocycles. The number of fused-ring (bicyclic) bond motifs is 3. The van der Waals surface area contributed by atoms with Crippen molar-refractivity contribution in [2.45, 2.75) is 13.8 Å². The van der Waals surface area contributed by atoms with Crippen molar-refractivity contribution in [3.05, 3.63) is 126 Å². The molecule has 0 saturated heterocycles. The molecule has 0 N–H and O–H groups in total. The summed E-state index contributed by atoms with van der Waals surface area (Å²) in [5.41, 5.74) is 10.00. The Morgan fingerprint density at radius 1 is 0.558 bits per heavy atom. The van der Waals surface area contributed by atoms with Crippen molar-refractivity contribution in [1.82, 2.24) is 24.5 Å². The van der Waals surface area contributed by atoms with Gasteiger partial charge in [0.15, 0.2) is 11.6 Å². The standard InChI is InChI=1S/C36H23N7/c1-22-11-23(2)13-28(12-22)26-7-9-30-29-5-3-4-6-32(29)43(34(30)15-26)33-10-8-27(35-39-18-24(16-37)19-40-35)14-31(33)36-41-20-25(17-38)21-42-36/h3-15,18-21H,1-2H3. The number of rotatable bonds is 4. The third kappa shape index (κ3) is 4.56. The summed E-state index contributed by atoms with van der Waals surface area (Å²) in [6, 6.07) is 31.7. The van der Waals surface area contributed by atoms with Crippen LogP contribution in [0.3, 0.4) is 0 Å². The van der Waals surface area contributed by atoms with E-state index in [1.165, 1.54) is 41.5 Å². The van der Waals surface area contributed by atoms with Gasteiger partial charge < -0.3 is 4.57 Å². The molecule has 3 heterocycles. The van der Waals surface area contributed by atoms with Crippen LogP contribution in [-0.2, 0) is 0 Å². The predicted octanol–water partition coefficient (Wildman–Crippen LogP) is 7.72. The molecule has 0 unspecified atom stereocenters. The minimum absolute atomic E-state index is 0.381. The number of nitrogens with zero attached hydrogens (tertiary/aromatic N) is 7. The van der Waals surface area contributed by atoms with Crippen molar-refractivity contribution in [2.75, 3.05) is 0 Å². The van der Waals surface area contributed by atoms with Gasteiger partial charge in [0.1, 0.15) is 12.1 Å². The fourth-order valence-corrected chi connectivity index (χ4v) is 5.66. The Labute approximate surface area is 248 Å². The topological polar surface area (TPSA) is 104 Å². The van der Waals surface area contributed by atoms with Crippen LogP contribution in [-0.4, -0.2) is 24.5 Å². The van der Waals surface area contributed by atoms with Gasteiger partial charge in [-0.15, -0.1) is 0 Å². The van der Waals surface area contributed by atoms with Gasteiger partial charge in [-0.3, -0.25) is 0 Å². The van der Waals surface area contributed by atoms with E-state index >= 15 is 0 Å². The van der Waals surface area contributed by atoms with E-state index in [2.05, 4.69) is 105 Å². The van der Waals surface area contributed by atoms with Crippen LogP contribution in [0.5, 0.6) is 0 Å². The molecule has 202 valence electrons. The minimum Gasteiger partial charge on any atom is -0.308 e. The van der Waals surface area contributed by atoms with Crippen molar-refractivity contribution in [1.29, 1.82) is 10.5 Å². The zero-order chi connectivity index (χ0) is 29.5. The summed E-state index contributed by atoms with van der Waals surface area (Å²) in [5, 5.41) is 20.8. The van der Waals surface area contributed by atoms with Crippen LogP contribution in [0.1, 0.15) is 22.3 Å². The zero-order valence-corrected chi connectivity index (χ0v) is 23.4. The molecule has 0 spiro atoms. The molecular weight excluding hydrogens is 530 g/mol. The molecule has 0 bridgehead atoms. The molecular formula is C36H23N7. The Bertz CT molecular complexity index is 2250. The van der Waals surface area contributed by atoms with E-state index in [0.29, 0.717) is 22.8 Å².